The Morgan fingerprint density at radius 3 is 2.71 bits per heavy atom. The molecule has 0 spiro atoms. The number of carbonyl (C=O) groups excluding carboxylic acids is 2. The van der Waals surface area contributed by atoms with E-state index in [2.05, 4.69) is 6.58 Å². The van der Waals surface area contributed by atoms with Crippen LogP contribution in [-0.4, -0.2) is 38.1 Å². The monoisotopic (exact) mass is 527 g/mol. The van der Waals surface area contributed by atoms with E-state index in [9.17, 15) is 14.4 Å². The summed E-state index contributed by atoms with van der Waals surface area (Å²) in [7, 11) is 0. The fourth-order valence-electron chi connectivity index (χ4n) is 4.79. The summed E-state index contributed by atoms with van der Waals surface area (Å²) >= 11 is 8.86. The summed E-state index contributed by atoms with van der Waals surface area (Å²) in [4.78, 5) is 48.5. The lowest BCUT2D eigenvalue weighted by atomic mass is 9.97. The van der Waals surface area contributed by atoms with Gasteiger partial charge in [-0.05, 0) is 68.4 Å². The Morgan fingerprint density at radius 2 is 1.94 bits per heavy atom. The van der Waals surface area contributed by atoms with Crippen LogP contribution >= 0.6 is 34.7 Å². The zero-order valence-electron chi connectivity index (χ0n) is 19.3. The number of imide groups is 1. The average Bonchev–Trinajstić information content (AvgIpc) is 3.13. The molecule has 6 nitrogen and oxygen atoms in total. The van der Waals surface area contributed by atoms with Gasteiger partial charge in [-0.15, -0.1) is 17.9 Å². The van der Waals surface area contributed by atoms with Crippen LogP contribution in [0.2, 0.25) is 5.02 Å². The highest BCUT2D eigenvalue weighted by atomic mass is 35.5. The average molecular weight is 528 g/mol. The molecule has 3 aromatic rings. The first-order valence-corrected chi connectivity index (χ1v) is 14.0. The summed E-state index contributed by atoms with van der Waals surface area (Å²) in [5, 5.41) is 1.28. The van der Waals surface area contributed by atoms with Crippen molar-refractivity contribution in [1.82, 2.24) is 14.5 Å². The van der Waals surface area contributed by atoms with Gasteiger partial charge in [-0.25, -0.2) is 4.98 Å². The third-order valence-corrected chi connectivity index (χ3v) is 9.26. The van der Waals surface area contributed by atoms with Crippen molar-refractivity contribution in [2.75, 3.05) is 6.54 Å². The summed E-state index contributed by atoms with van der Waals surface area (Å²) in [6, 6.07) is 6.58. The molecule has 5 rings (SSSR count). The molecule has 1 aromatic carbocycles. The van der Waals surface area contributed by atoms with Crippen LogP contribution < -0.4 is 5.56 Å². The summed E-state index contributed by atoms with van der Waals surface area (Å²) in [6.45, 7) is 4.52. The Kier molecular flexibility index (Phi) is 7.14. The van der Waals surface area contributed by atoms with Gasteiger partial charge >= 0.3 is 0 Å². The van der Waals surface area contributed by atoms with Crippen molar-refractivity contribution in [2.45, 2.75) is 61.9 Å². The van der Waals surface area contributed by atoms with E-state index in [4.69, 9.17) is 16.6 Å². The molecule has 1 saturated heterocycles. The highest BCUT2D eigenvalue weighted by molar-refractivity contribution is 8.00. The summed E-state index contributed by atoms with van der Waals surface area (Å²) in [5.74, 6) is -0.561. The van der Waals surface area contributed by atoms with Crippen LogP contribution in [0.15, 0.2) is 46.9 Å². The van der Waals surface area contributed by atoms with Gasteiger partial charge in [-0.3, -0.25) is 23.9 Å². The quantitative estimate of drug-likeness (QED) is 0.249. The van der Waals surface area contributed by atoms with E-state index in [1.165, 1.54) is 21.5 Å². The van der Waals surface area contributed by atoms with Gasteiger partial charge in [-0.2, -0.15) is 0 Å². The van der Waals surface area contributed by atoms with Crippen LogP contribution in [0.1, 0.15) is 52.9 Å². The molecule has 0 bridgehead atoms. The zero-order valence-corrected chi connectivity index (χ0v) is 21.7. The van der Waals surface area contributed by atoms with Crippen LogP contribution in [-0.2, 0) is 24.2 Å². The second-order valence-electron chi connectivity index (χ2n) is 8.89. The van der Waals surface area contributed by atoms with E-state index in [1.807, 2.05) is 0 Å². The zero-order chi connectivity index (χ0) is 24.5. The molecule has 2 amide bonds. The van der Waals surface area contributed by atoms with Crippen LogP contribution in [0.25, 0.3) is 10.2 Å². The molecule has 0 N–H and O–H groups in total. The molecule has 2 aromatic heterocycles. The van der Waals surface area contributed by atoms with Gasteiger partial charge in [0.15, 0.2) is 5.16 Å². The van der Waals surface area contributed by atoms with Crippen molar-refractivity contribution < 1.29 is 9.59 Å². The van der Waals surface area contributed by atoms with Crippen molar-refractivity contribution in [1.29, 1.82) is 0 Å². The molecule has 9 heteroatoms. The van der Waals surface area contributed by atoms with Gasteiger partial charge in [0.2, 0.25) is 5.91 Å². The third-order valence-electron chi connectivity index (χ3n) is 6.57. The van der Waals surface area contributed by atoms with Gasteiger partial charge < -0.3 is 0 Å². The third kappa shape index (κ3) is 4.71. The van der Waals surface area contributed by atoms with Crippen molar-refractivity contribution in [3.8, 4) is 0 Å². The van der Waals surface area contributed by atoms with Crippen LogP contribution in [0, 0.1) is 0 Å². The van der Waals surface area contributed by atoms with Gasteiger partial charge in [0.1, 0.15) is 4.83 Å². The first kappa shape index (κ1) is 24.3. The maximum Gasteiger partial charge on any atom is 0.263 e. The fraction of sp³-hybridized carbons (Fsp3) is 0.385. The standard InChI is InChI=1S/C26H26ClN3O3S2/c1-2-14-30-25(33)21-18-7-3-4-8-19(18)34-22(21)28-26(30)35-20-9-5-6-15-29(24(20)32)23(31)16-10-12-17(27)13-11-16/h2,10-13,20H,1,3-9,14-15H2/t20-/m1/s1. The molecule has 1 fully saturated rings. The van der Waals surface area contributed by atoms with E-state index < -0.39 is 5.25 Å². The molecule has 2 aliphatic rings. The number of thioether (sulfide) groups is 1. The number of amides is 2. The summed E-state index contributed by atoms with van der Waals surface area (Å²) in [5.41, 5.74) is 1.51. The molecular formula is C26H26ClN3O3S2. The van der Waals surface area contributed by atoms with E-state index >= 15 is 0 Å². The number of allylic oxidation sites excluding steroid dienone is 1. The number of likely N-dealkylation sites (tertiary alicyclic amines) is 1. The Bertz CT molecular complexity index is 1360. The number of benzene rings is 1. The number of halogens is 1. The second-order valence-corrected chi connectivity index (χ2v) is 11.6. The maximum absolute atomic E-state index is 13.6. The molecule has 3 heterocycles. The number of aromatic nitrogens is 2. The Morgan fingerprint density at radius 1 is 1.17 bits per heavy atom. The number of thiophene rings is 1. The Balaban J connectivity index is 1.49. The lowest BCUT2D eigenvalue weighted by molar-refractivity contribution is -0.127. The van der Waals surface area contributed by atoms with Gasteiger partial charge in [0.25, 0.3) is 11.5 Å². The molecule has 1 aliphatic heterocycles. The summed E-state index contributed by atoms with van der Waals surface area (Å²) in [6.07, 6.45) is 7.99. The number of carbonyl (C=O) groups is 2. The molecule has 182 valence electrons. The highest BCUT2D eigenvalue weighted by Gasteiger charge is 2.33. The number of rotatable bonds is 5. The fourth-order valence-corrected chi connectivity index (χ4v) is 7.42. The maximum atomic E-state index is 13.6. The van der Waals surface area contributed by atoms with Gasteiger partial charge in [-0.1, -0.05) is 35.9 Å². The van der Waals surface area contributed by atoms with E-state index in [0.29, 0.717) is 35.3 Å². The molecular weight excluding hydrogens is 502 g/mol. The number of hydrogen-bond acceptors (Lipinski definition) is 6. The van der Waals surface area contributed by atoms with Crippen LogP contribution in [0.5, 0.6) is 0 Å². The first-order chi connectivity index (χ1) is 17.0. The molecule has 35 heavy (non-hydrogen) atoms. The van der Waals surface area contributed by atoms with E-state index in [1.54, 1.807) is 46.2 Å². The Labute approximate surface area is 217 Å². The van der Waals surface area contributed by atoms with Gasteiger partial charge in [0.05, 0.1) is 10.6 Å². The molecule has 1 aliphatic carbocycles. The predicted molar refractivity (Wildman–Crippen MR) is 142 cm³/mol. The molecule has 1 atom stereocenters. The molecule has 0 radical (unpaired) electrons. The molecule has 0 unspecified atom stereocenters. The minimum Gasteiger partial charge on any atom is -0.283 e. The van der Waals surface area contributed by atoms with Crippen molar-refractivity contribution in [3.05, 3.63) is 68.3 Å². The minimum atomic E-state index is -0.497. The summed E-state index contributed by atoms with van der Waals surface area (Å²) < 4.78 is 1.63. The highest BCUT2D eigenvalue weighted by Crippen LogP contribution is 2.36. The lowest BCUT2D eigenvalue weighted by Gasteiger charge is -2.23. The minimum absolute atomic E-state index is 0.0630. The number of hydrogen-bond donors (Lipinski definition) is 0. The largest absolute Gasteiger partial charge is 0.283 e. The normalized spacial score (nSPS) is 18.4. The number of aryl methyl sites for hydroxylation is 2. The van der Waals surface area contributed by atoms with Crippen molar-refractivity contribution in [2.24, 2.45) is 0 Å². The van der Waals surface area contributed by atoms with Crippen LogP contribution in [0.4, 0.5) is 0 Å². The topological polar surface area (TPSA) is 72.3 Å². The van der Waals surface area contributed by atoms with Crippen molar-refractivity contribution >= 4 is 56.7 Å². The first-order valence-electron chi connectivity index (χ1n) is 11.9. The predicted octanol–water partition coefficient (Wildman–Crippen LogP) is 5.49. The lowest BCUT2D eigenvalue weighted by Crippen LogP contribution is -2.41. The Hall–Kier alpha value is -2.42. The van der Waals surface area contributed by atoms with Crippen molar-refractivity contribution in [3.63, 3.8) is 0 Å². The number of nitrogens with zero attached hydrogens (tertiary/aromatic N) is 3. The van der Waals surface area contributed by atoms with E-state index in [0.717, 1.165) is 54.3 Å². The second kappa shape index (κ2) is 10.3. The van der Waals surface area contributed by atoms with E-state index in [-0.39, 0.29) is 17.4 Å². The smallest absolute Gasteiger partial charge is 0.263 e. The SMILES string of the molecule is C=CCn1c(S[C@@H]2CCCCN(C(=O)c3ccc(Cl)cc3)C2=O)nc2sc3c(c2c1=O)CCCC3. The van der Waals surface area contributed by atoms with Crippen LogP contribution in [0.3, 0.4) is 0 Å². The number of fused-ring (bicyclic) bond motifs is 3. The molecule has 0 saturated carbocycles. The van der Waals surface area contributed by atoms with Gasteiger partial charge in [0, 0.05) is 28.6 Å².